The van der Waals surface area contributed by atoms with Gasteiger partial charge in [-0.1, -0.05) is 20.8 Å². The quantitative estimate of drug-likeness (QED) is 0.753. The molecule has 1 heterocycles. The highest BCUT2D eigenvalue weighted by Gasteiger charge is 2.30. The van der Waals surface area contributed by atoms with Crippen LogP contribution in [0, 0.1) is 5.41 Å². The van der Waals surface area contributed by atoms with Crippen molar-refractivity contribution >= 4 is 5.91 Å². The molecular weight excluding hydrogens is 226 g/mol. The fourth-order valence-corrected chi connectivity index (χ4v) is 2.52. The van der Waals surface area contributed by atoms with Crippen molar-refractivity contribution < 1.29 is 4.79 Å². The third-order valence-corrected chi connectivity index (χ3v) is 3.64. The highest BCUT2D eigenvalue weighted by Crippen LogP contribution is 2.20. The second-order valence-corrected chi connectivity index (χ2v) is 6.14. The van der Waals surface area contributed by atoms with Gasteiger partial charge in [0.2, 0.25) is 5.91 Å². The van der Waals surface area contributed by atoms with Crippen molar-refractivity contribution in [3.63, 3.8) is 0 Å². The zero-order valence-electron chi connectivity index (χ0n) is 12.2. The number of hydrogen-bond donors (Lipinski definition) is 2. The molecule has 18 heavy (non-hydrogen) atoms. The van der Waals surface area contributed by atoms with E-state index in [-0.39, 0.29) is 17.4 Å². The summed E-state index contributed by atoms with van der Waals surface area (Å²) in [6.45, 7) is 9.86. The highest BCUT2D eigenvalue weighted by atomic mass is 16.2. The maximum atomic E-state index is 12.1. The number of nitrogens with zero attached hydrogens (tertiary/aromatic N) is 1. The van der Waals surface area contributed by atoms with Crippen molar-refractivity contribution in [1.82, 2.24) is 10.2 Å². The van der Waals surface area contributed by atoms with Gasteiger partial charge in [-0.05, 0) is 44.2 Å². The molecule has 1 fully saturated rings. The van der Waals surface area contributed by atoms with Crippen LogP contribution in [0.15, 0.2) is 0 Å². The van der Waals surface area contributed by atoms with E-state index in [4.69, 9.17) is 5.73 Å². The average Bonchev–Trinajstić information content (AvgIpc) is 2.53. The molecule has 0 aromatic carbocycles. The summed E-state index contributed by atoms with van der Waals surface area (Å²) in [6, 6.07) is 0.0401. The minimum absolute atomic E-state index is 0.0401. The highest BCUT2D eigenvalue weighted by molar-refractivity contribution is 5.81. The van der Waals surface area contributed by atoms with Gasteiger partial charge in [-0.3, -0.25) is 9.69 Å². The molecule has 4 heteroatoms. The Bertz CT molecular complexity index is 266. The molecule has 3 N–H and O–H groups in total. The van der Waals surface area contributed by atoms with Crippen molar-refractivity contribution in [1.29, 1.82) is 0 Å². The van der Waals surface area contributed by atoms with Gasteiger partial charge in [0.05, 0.1) is 6.04 Å². The van der Waals surface area contributed by atoms with Gasteiger partial charge in [0, 0.05) is 13.1 Å². The normalized spacial score (nSPS) is 21.8. The molecule has 1 rings (SSSR count). The first-order valence-corrected chi connectivity index (χ1v) is 7.22. The lowest BCUT2D eigenvalue weighted by Gasteiger charge is -2.36. The van der Waals surface area contributed by atoms with Crippen molar-refractivity contribution in [2.45, 2.75) is 52.5 Å². The molecule has 0 radical (unpaired) electrons. The number of carbonyl (C=O) groups excluding carboxylic acids is 1. The smallest absolute Gasteiger partial charge is 0.237 e. The SMILES string of the molecule is CCCN(CC(C)(C)CN)C1CCCCNC1=O. The van der Waals surface area contributed by atoms with E-state index in [0.29, 0.717) is 6.54 Å². The number of hydrogen-bond acceptors (Lipinski definition) is 3. The fourth-order valence-electron chi connectivity index (χ4n) is 2.52. The molecule has 1 saturated heterocycles. The Kier molecular flexibility index (Phi) is 6.09. The fraction of sp³-hybridized carbons (Fsp3) is 0.929. The van der Waals surface area contributed by atoms with E-state index in [1.165, 1.54) is 0 Å². The van der Waals surface area contributed by atoms with E-state index in [0.717, 1.165) is 45.3 Å². The summed E-state index contributed by atoms with van der Waals surface area (Å²) in [5.41, 5.74) is 5.89. The summed E-state index contributed by atoms with van der Waals surface area (Å²) in [6.07, 6.45) is 4.28. The summed E-state index contributed by atoms with van der Waals surface area (Å²) < 4.78 is 0. The van der Waals surface area contributed by atoms with E-state index < -0.39 is 0 Å². The molecule has 1 amide bonds. The van der Waals surface area contributed by atoms with E-state index in [2.05, 4.69) is 31.0 Å². The molecule has 1 aliphatic heterocycles. The van der Waals surface area contributed by atoms with Crippen molar-refractivity contribution in [3.8, 4) is 0 Å². The zero-order chi connectivity index (χ0) is 13.6. The minimum Gasteiger partial charge on any atom is -0.355 e. The van der Waals surface area contributed by atoms with Crippen LogP contribution in [-0.2, 0) is 4.79 Å². The van der Waals surface area contributed by atoms with Gasteiger partial charge < -0.3 is 11.1 Å². The minimum atomic E-state index is 0.0401. The standard InChI is InChI=1S/C14H29N3O/c1-4-9-17(11-14(2,3)10-15)12-7-5-6-8-16-13(12)18/h12H,4-11,15H2,1-3H3,(H,16,18). The lowest BCUT2D eigenvalue weighted by Crippen LogP contribution is -2.50. The van der Waals surface area contributed by atoms with Crippen LogP contribution >= 0.6 is 0 Å². The van der Waals surface area contributed by atoms with Crippen LogP contribution in [-0.4, -0.2) is 43.0 Å². The number of rotatable bonds is 6. The van der Waals surface area contributed by atoms with Gasteiger partial charge in [-0.2, -0.15) is 0 Å². The Hall–Kier alpha value is -0.610. The summed E-state index contributed by atoms with van der Waals surface area (Å²) in [7, 11) is 0. The summed E-state index contributed by atoms with van der Waals surface area (Å²) in [5.74, 6) is 0.203. The van der Waals surface area contributed by atoms with Crippen LogP contribution in [0.4, 0.5) is 0 Å². The molecule has 0 aromatic heterocycles. The molecule has 106 valence electrons. The van der Waals surface area contributed by atoms with Crippen LogP contribution in [0.2, 0.25) is 0 Å². The molecule has 1 aliphatic rings. The van der Waals surface area contributed by atoms with Gasteiger partial charge in [0.15, 0.2) is 0 Å². The van der Waals surface area contributed by atoms with Gasteiger partial charge in [-0.25, -0.2) is 0 Å². The maximum Gasteiger partial charge on any atom is 0.237 e. The number of nitrogens with two attached hydrogens (primary N) is 1. The first-order valence-electron chi connectivity index (χ1n) is 7.22. The first-order chi connectivity index (χ1) is 8.50. The van der Waals surface area contributed by atoms with Crippen molar-refractivity contribution in [3.05, 3.63) is 0 Å². The molecule has 0 spiro atoms. The Balaban J connectivity index is 2.72. The summed E-state index contributed by atoms with van der Waals surface area (Å²) in [5, 5.41) is 3.03. The van der Waals surface area contributed by atoms with Gasteiger partial charge >= 0.3 is 0 Å². The molecule has 0 aliphatic carbocycles. The van der Waals surface area contributed by atoms with Gasteiger partial charge in [0.25, 0.3) is 0 Å². The van der Waals surface area contributed by atoms with Gasteiger partial charge in [0.1, 0.15) is 0 Å². The molecule has 0 bridgehead atoms. The van der Waals surface area contributed by atoms with E-state index >= 15 is 0 Å². The topological polar surface area (TPSA) is 58.4 Å². The second kappa shape index (κ2) is 7.10. The third kappa shape index (κ3) is 4.58. The number of carbonyl (C=O) groups is 1. The predicted molar refractivity (Wildman–Crippen MR) is 75.3 cm³/mol. The van der Waals surface area contributed by atoms with Crippen LogP contribution in [0.3, 0.4) is 0 Å². The first kappa shape index (κ1) is 15.4. The zero-order valence-corrected chi connectivity index (χ0v) is 12.2. The molecule has 0 aromatic rings. The Morgan fingerprint density at radius 2 is 2.17 bits per heavy atom. The molecule has 0 saturated carbocycles. The Morgan fingerprint density at radius 3 is 2.78 bits per heavy atom. The maximum absolute atomic E-state index is 12.1. The number of nitrogens with one attached hydrogen (secondary N) is 1. The second-order valence-electron chi connectivity index (χ2n) is 6.14. The predicted octanol–water partition coefficient (Wildman–Crippen LogP) is 1.35. The Morgan fingerprint density at radius 1 is 1.44 bits per heavy atom. The van der Waals surface area contributed by atoms with Crippen molar-refractivity contribution in [2.75, 3.05) is 26.2 Å². The van der Waals surface area contributed by atoms with Crippen LogP contribution in [0.1, 0.15) is 46.5 Å². The summed E-state index contributed by atoms with van der Waals surface area (Å²) >= 11 is 0. The Labute approximate surface area is 111 Å². The lowest BCUT2D eigenvalue weighted by molar-refractivity contribution is -0.126. The molecule has 1 atom stereocenters. The van der Waals surface area contributed by atoms with Gasteiger partial charge in [-0.15, -0.1) is 0 Å². The molecule has 1 unspecified atom stereocenters. The largest absolute Gasteiger partial charge is 0.355 e. The van der Waals surface area contributed by atoms with E-state index in [9.17, 15) is 4.79 Å². The van der Waals surface area contributed by atoms with E-state index in [1.807, 2.05) is 0 Å². The monoisotopic (exact) mass is 255 g/mol. The van der Waals surface area contributed by atoms with Crippen molar-refractivity contribution in [2.24, 2.45) is 11.1 Å². The lowest BCUT2D eigenvalue weighted by atomic mass is 9.91. The third-order valence-electron chi connectivity index (χ3n) is 3.64. The number of amides is 1. The van der Waals surface area contributed by atoms with Crippen LogP contribution in [0.25, 0.3) is 0 Å². The van der Waals surface area contributed by atoms with Crippen LogP contribution < -0.4 is 11.1 Å². The molecular formula is C14H29N3O. The van der Waals surface area contributed by atoms with Crippen LogP contribution in [0.5, 0.6) is 0 Å². The summed E-state index contributed by atoms with van der Waals surface area (Å²) in [4.78, 5) is 14.4. The molecule has 4 nitrogen and oxygen atoms in total. The average molecular weight is 255 g/mol. The van der Waals surface area contributed by atoms with E-state index in [1.54, 1.807) is 0 Å².